The Hall–Kier alpha value is -2.69. The molecule has 5 heteroatoms. The minimum absolute atomic E-state index is 0.117. The van der Waals surface area contributed by atoms with Crippen LogP contribution in [0, 0.1) is 5.82 Å². The third-order valence-electron chi connectivity index (χ3n) is 3.93. The maximum atomic E-state index is 13.6. The molecule has 4 nitrogen and oxygen atoms in total. The summed E-state index contributed by atoms with van der Waals surface area (Å²) < 4.78 is 18.7. The summed E-state index contributed by atoms with van der Waals surface area (Å²) >= 11 is 0. The second-order valence-corrected chi connectivity index (χ2v) is 6.19. The molecule has 2 aromatic rings. The van der Waals surface area contributed by atoms with Gasteiger partial charge in [0.1, 0.15) is 5.82 Å². The highest BCUT2D eigenvalue weighted by molar-refractivity contribution is 5.91. The molecule has 1 amide bonds. The lowest BCUT2D eigenvalue weighted by molar-refractivity contribution is -0.133. The molecule has 0 aliphatic rings. The standard InChI is InChI=1S/C20H22FNO3/c1-14(2)15-8-10-16(11-9-15)20(24)25-13-19(23)22(3)12-17-6-4-5-7-18(17)21/h4-11,14H,12-13H2,1-3H3. The second-order valence-electron chi connectivity index (χ2n) is 6.19. The fourth-order valence-corrected chi connectivity index (χ4v) is 2.30. The lowest BCUT2D eigenvalue weighted by atomic mass is 10.0. The van der Waals surface area contributed by atoms with E-state index in [4.69, 9.17) is 4.74 Å². The summed E-state index contributed by atoms with van der Waals surface area (Å²) in [7, 11) is 1.54. The van der Waals surface area contributed by atoms with Gasteiger partial charge in [-0.2, -0.15) is 0 Å². The Balaban J connectivity index is 1.88. The van der Waals surface area contributed by atoms with Crippen molar-refractivity contribution in [2.24, 2.45) is 0 Å². The quantitative estimate of drug-likeness (QED) is 0.750. The number of halogens is 1. The number of hydrogen-bond acceptors (Lipinski definition) is 3. The molecule has 0 unspecified atom stereocenters. The summed E-state index contributed by atoms with van der Waals surface area (Å²) in [6, 6.07) is 13.4. The minimum atomic E-state index is -0.553. The lowest BCUT2D eigenvalue weighted by Crippen LogP contribution is -2.31. The molecule has 0 fully saturated rings. The Morgan fingerprint density at radius 1 is 1.08 bits per heavy atom. The Bertz CT molecular complexity index is 741. The maximum Gasteiger partial charge on any atom is 0.338 e. The second kappa shape index (κ2) is 8.42. The van der Waals surface area contributed by atoms with Crippen LogP contribution in [-0.4, -0.2) is 30.4 Å². The number of ether oxygens (including phenoxy) is 1. The molecular formula is C20H22FNO3. The van der Waals surface area contributed by atoms with E-state index in [0.717, 1.165) is 5.56 Å². The number of rotatable bonds is 6. The number of carbonyl (C=O) groups excluding carboxylic acids is 2. The largest absolute Gasteiger partial charge is 0.452 e. The summed E-state index contributed by atoms with van der Waals surface area (Å²) in [4.78, 5) is 25.4. The van der Waals surface area contributed by atoms with Crippen LogP contribution in [0.15, 0.2) is 48.5 Å². The molecule has 25 heavy (non-hydrogen) atoms. The molecule has 0 saturated carbocycles. The molecule has 2 rings (SSSR count). The Labute approximate surface area is 147 Å². The molecule has 0 aliphatic carbocycles. The molecule has 0 aromatic heterocycles. The molecule has 0 aliphatic heterocycles. The molecule has 0 saturated heterocycles. The van der Waals surface area contributed by atoms with Crippen molar-refractivity contribution in [3.05, 3.63) is 71.0 Å². The zero-order valence-electron chi connectivity index (χ0n) is 14.7. The number of carbonyl (C=O) groups is 2. The third kappa shape index (κ3) is 5.14. The highest BCUT2D eigenvalue weighted by Crippen LogP contribution is 2.15. The molecule has 0 radical (unpaired) electrons. The van der Waals surface area contributed by atoms with E-state index in [9.17, 15) is 14.0 Å². The lowest BCUT2D eigenvalue weighted by Gasteiger charge is -2.17. The monoisotopic (exact) mass is 343 g/mol. The van der Waals surface area contributed by atoms with Crippen molar-refractivity contribution in [2.75, 3.05) is 13.7 Å². The van der Waals surface area contributed by atoms with Crippen molar-refractivity contribution in [2.45, 2.75) is 26.3 Å². The topological polar surface area (TPSA) is 46.6 Å². The number of nitrogens with zero attached hydrogens (tertiary/aromatic N) is 1. The number of hydrogen-bond donors (Lipinski definition) is 0. The van der Waals surface area contributed by atoms with Crippen molar-refractivity contribution in [3.8, 4) is 0 Å². The van der Waals surface area contributed by atoms with Crippen LogP contribution in [0.2, 0.25) is 0 Å². The zero-order valence-corrected chi connectivity index (χ0v) is 14.7. The molecule has 0 heterocycles. The first-order valence-electron chi connectivity index (χ1n) is 8.13. The number of esters is 1. The Morgan fingerprint density at radius 2 is 1.72 bits per heavy atom. The first kappa shape index (κ1) is 18.6. The van der Waals surface area contributed by atoms with Crippen molar-refractivity contribution in [3.63, 3.8) is 0 Å². The number of likely N-dealkylation sites (N-methyl/N-ethyl adjacent to an activating group) is 1. The smallest absolute Gasteiger partial charge is 0.338 e. The van der Waals surface area contributed by atoms with E-state index in [-0.39, 0.29) is 19.0 Å². The van der Waals surface area contributed by atoms with Crippen LogP contribution in [0.4, 0.5) is 4.39 Å². The number of benzene rings is 2. The van der Waals surface area contributed by atoms with Gasteiger partial charge in [0.05, 0.1) is 5.56 Å². The van der Waals surface area contributed by atoms with E-state index in [0.29, 0.717) is 17.0 Å². The van der Waals surface area contributed by atoms with Gasteiger partial charge in [0.15, 0.2) is 6.61 Å². The molecular weight excluding hydrogens is 321 g/mol. The van der Waals surface area contributed by atoms with Crippen LogP contribution in [0.1, 0.15) is 41.3 Å². The average Bonchev–Trinajstić information content (AvgIpc) is 2.61. The molecule has 0 atom stereocenters. The van der Waals surface area contributed by atoms with Gasteiger partial charge in [-0.05, 0) is 29.7 Å². The maximum absolute atomic E-state index is 13.6. The molecule has 132 valence electrons. The van der Waals surface area contributed by atoms with E-state index >= 15 is 0 Å². The van der Waals surface area contributed by atoms with E-state index in [1.165, 1.54) is 11.0 Å². The minimum Gasteiger partial charge on any atom is -0.452 e. The molecule has 2 aromatic carbocycles. The van der Waals surface area contributed by atoms with Gasteiger partial charge in [0.2, 0.25) is 0 Å². The normalized spacial score (nSPS) is 10.6. The van der Waals surface area contributed by atoms with E-state index in [1.807, 2.05) is 12.1 Å². The van der Waals surface area contributed by atoms with Gasteiger partial charge in [-0.3, -0.25) is 4.79 Å². The molecule has 0 spiro atoms. The van der Waals surface area contributed by atoms with Crippen molar-refractivity contribution < 1.29 is 18.7 Å². The van der Waals surface area contributed by atoms with Crippen LogP contribution in [0.3, 0.4) is 0 Å². The van der Waals surface area contributed by atoms with Crippen LogP contribution < -0.4 is 0 Å². The Morgan fingerprint density at radius 3 is 2.32 bits per heavy atom. The fourth-order valence-electron chi connectivity index (χ4n) is 2.30. The predicted molar refractivity (Wildman–Crippen MR) is 93.7 cm³/mol. The van der Waals surface area contributed by atoms with Crippen molar-refractivity contribution in [1.82, 2.24) is 4.90 Å². The van der Waals surface area contributed by atoms with Gasteiger partial charge in [-0.15, -0.1) is 0 Å². The predicted octanol–water partition coefficient (Wildman–Crippen LogP) is 3.76. The number of amides is 1. The van der Waals surface area contributed by atoms with Gasteiger partial charge in [-0.25, -0.2) is 9.18 Å². The van der Waals surface area contributed by atoms with Crippen LogP contribution in [-0.2, 0) is 16.1 Å². The van der Waals surface area contributed by atoms with Crippen molar-refractivity contribution >= 4 is 11.9 Å². The first-order chi connectivity index (χ1) is 11.9. The van der Waals surface area contributed by atoms with E-state index in [1.54, 1.807) is 37.4 Å². The van der Waals surface area contributed by atoms with Gasteiger partial charge < -0.3 is 9.64 Å². The SMILES string of the molecule is CC(C)c1ccc(C(=O)OCC(=O)N(C)Cc2ccccc2F)cc1. The third-order valence-corrected chi connectivity index (χ3v) is 3.93. The Kier molecular flexibility index (Phi) is 6.28. The summed E-state index contributed by atoms with van der Waals surface area (Å²) in [6.07, 6.45) is 0. The summed E-state index contributed by atoms with van der Waals surface area (Å²) in [5, 5.41) is 0. The van der Waals surface area contributed by atoms with E-state index in [2.05, 4.69) is 13.8 Å². The highest BCUT2D eigenvalue weighted by atomic mass is 19.1. The summed E-state index contributed by atoms with van der Waals surface area (Å²) in [5.41, 5.74) is 1.93. The van der Waals surface area contributed by atoms with Gasteiger partial charge in [-0.1, -0.05) is 44.2 Å². The first-order valence-corrected chi connectivity index (χ1v) is 8.13. The zero-order chi connectivity index (χ0) is 18.4. The summed E-state index contributed by atoms with van der Waals surface area (Å²) in [5.74, 6) is -0.943. The summed E-state index contributed by atoms with van der Waals surface area (Å²) in [6.45, 7) is 3.87. The van der Waals surface area contributed by atoms with Crippen LogP contribution in [0.5, 0.6) is 0 Å². The van der Waals surface area contributed by atoms with Crippen molar-refractivity contribution in [1.29, 1.82) is 0 Å². The average molecular weight is 343 g/mol. The van der Waals surface area contributed by atoms with Gasteiger partial charge in [0, 0.05) is 19.2 Å². The molecule has 0 bridgehead atoms. The molecule has 0 N–H and O–H groups in total. The fraction of sp³-hybridized carbons (Fsp3) is 0.300. The van der Waals surface area contributed by atoms with Crippen LogP contribution >= 0.6 is 0 Å². The van der Waals surface area contributed by atoms with E-state index < -0.39 is 11.9 Å². The van der Waals surface area contributed by atoms with Gasteiger partial charge >= 0.3 is 5.97 Å². The van der Waals surface area contributed by atoms with Crippen LogP contribution in [0.25, 0.3) is 0 Å². The van der Waals surface area contributed by atoms with Gasteiger partial charge in [0.25, 0.3) is 5.91 Å². The highest BCUT2D eigenvalue weighted by Gasteiger charge is 2.15.